The Balaban J connectivity index is 2.81. The first-order valence-electron chi connectivity index (χ1n) is 6.22. The second-order valence-electron chi connectivity index (χ2n) is 5.04. The third-order valence-electron chi connectivity index (χ3n) is 3.07. The fourth-order valence-corrected chi connectivity index (χ4v) is 2.24. The molecule has 4 nitrogen and oxygen atoms in total. The van der Waals surface area contributed by atoms with Crippen LogP contribution in [-0.2, 0) is 12.5 Å². The Morgan fingerprint density at radius 1 is 1.37 bits per heavy atom. The van der Waals surface area contributed by atoms with E-state index in [4.69, 9.17) is 5.73 Å². The predicted molar refractivity (Wildman–Crippen MR) is 70.1 cm³/mol. The first-order chi connectivity index (χ1) is 8.75. The van der Waals surface area contributed by atoms with Crippen molar-refractivity contribution in [1.29, 1.82) is 0 Å². The molecule has 104 valence electrons. The van der Waals surface area contributed by atoms with Crippen LogP contribution in [0, 0.1) is 6.92 Å². The molecule has 19 heavy (non-hydrogen) atoms. The second-order valence-corrected chi connectivity index (χ2v) is 5.04. The summed E-state index contributed by atoms with van der Waals surface area (Å²) in [6, 6.07) is 1.51. The van der Waals surface area contributed by atoms with Gasteiger partial charge in [0.2, 0.25) is 0 Å². The van der Waals surface area contributed by atoms with Gasteiger partial charge in [-0.1, -0.05) is 0 Å². The van der Waals surface area contributed by atoms with Crippen molar-refractivity contribution in [2.24, 2.45) is 5.73 Å². The fraction of sp³-hybridized carbons (Fsp3) is 0.538. The lowest BCUT2D eigenvalue weighted by Gasteiger charge is -2.14. The third kappa shape index (κ3) is 2.32. The SMILES string of the molecule is Cc1nc(C(C)(F)F)cc2c1nc(CN)n2C(C)C. The van der Waals surface area contributed by atoms with Gasteiger partial charge < -0.3 is 10.3 Å². The molecule has 6 heteroatoms. The van der Waals surface area contributed by atoms with Crippen LogP contribution in [0.2, 0.25) is 0 Å². The number of alkyl halides is 2. The summed E-state index contributed by atoms with van der Waals surface area (Å²) >= 11 is 0. The molecule has 0 unspecified atom stereocenters. The number of pyridine rings is 1. The van der Waals surface area contributed by atoms with Crippen LogP contribution in [-0.4, -0.2) is 14.5 Å². The summed E-state index contributed by atoms with van der Waals surface area (Å²) in [5.41, 5.74) is 7.25. The number of halogens is 2. The molecule has 0 saturated carbocycles. The van der Waals surface area contributed by atoms with Crippen LogP contribution in [0.4, 0.5) is 8.78 Å². The Morgan fingerprint density at radius 2 is 2.00 bits per heavy atom. The lowest BCUT2D eigenvalue weighted by Crippen LogP contribution is -2.12. The van der Waals surface area contributed by atoms with E-state index in [-0.39, 0.29) is 18.3 Å². The van der Waals surface area contributed by atoms with Gasteiger partial charge in [-0.15, -0.1) is 0 Å². The monoisotopic (exact) mass is 268 g/mol. The number of imidazole rings is 1. The Morgan fingerprint density at radius 3 is 2.47 bits per heavy atom. The molecule has 2 aromatic rings. The van der Waals surface area contributed by atoms with Crippen LogP contribution in [0.1, 0.15) is 44.0 Å². The summed E-state index contributed by atoms with van der Waals surface area (Å²) in [6.07, 6.45) is 0. The summed E-state index contributed by atoms with van der Waals surface area (Å²) in [6.45, 7) is 6.75. The van der Waals surface area contributed by atoms with E-state index < -0.39 is 5.92 Å². The highest BCUT2D eigenvalue weighted by Crippen LogP contribution is 2.30. The van der Waals surface area contributed by atoms with E-state index in [1.54, 1.807) is 6.92 Å². The molecular formula is C13H18F2N4. The zero-order chi connectivity index (χ0) is 14.4. The van der Waals surface area contributed by atoms with E-state index in [1.165, 1.54) is 6.07 Å². The maximum absolute atomic E-state index is 13.5. The molecule has 0 amide bonds. The van der Waals surface area contributed by atoms with Crippen LogP contribution in [0.3, 0.4) is 0 Å². The highest BCUT2D eigenvalue weighted by Gasteiger charge is 2.28. The van der Waals surface area contributed by atoms with Crippen molar-refractivity contribution < 1.29 is 8.78 Å². The highest BCUT2D eigenvalue weighted by molar-refractivity contribution is 5.79. The first-order valence-corrected chi connectivity index (χ1v) is 6.22. The molecule has 2 aromatic heterocycles. The Labute approximate surface area is 110 Å². The Hall–Kier alpha value is -1.56. The number of hydrogen-bond acceptors (Lipinski definition) is 3. The van der Waals surface area contributed by atoms with Crippen LogP contribution >= 0.6 is 0 Å². The fourth-order valence-electron chi connectivity index (χ4n) is 2.24. The van der Waals surface area contributed by atoms with Gasteiger partial charge >= 0.3 is 0 Å². The molecule has 2 heterocycles. The third-order valence-corrected chi connectivity index (χ3v) is 3.07. The number of fused-ring (bicyclic) bond motifs is 1. The minimum Gasteiger partial charge on any atom is -0.324 e. The number of nitrogens with two attached hydrogens (primary N) is 1. The van der Waals surface area contributed by atoms with E-state index in [0.717, 1.165) is 6.92 Å². The molecule has 0 aromatic carbocycles. The first kappa shape index (κ1) is 13.9. The van der Waals surface area contributed by atoms with E-state index in [9.17, 15) is 8.78 Å². The lowest BCUT2D eigenvalue weighted by molar-refractivity contribution is 0.0128. The summed E-state index contributed by atoms with van der Waals surface area (Å²) in [4.78, 5) is 8.36. The average Bonchev–Trinajstić information content (AvgIpc) is 2.66. The normalized spacial score (nSPS) is 12.6. The number of hydrogen-bond donors (Lipinski definition) is 1. The van der Waals surface area contributed by atoms with Gasteiger partial charge in [-0.2, -0.15) is 8.78 Å². The van der Waals surface area contributed by atoms with E-state index in [2.05, 4.69) is 9.97 Å². The largest absolute Gasteiger partial charge is 0.324 e. The maximum atomic E-state index is 13.5. The van der Waals surface area contributed by atoms with Gasteiger partial charge in [0.05, 0.1) is 17.8 Å². The van der Waals surface area contributed by atoms with Gasteiger partial charge in [-0.05, 0) is 26.8 Å². The molecule has 0 spiro atoms. The molecule has 0 aliphatic carbocycles. The van der Waals surface area contributed by atoms with Crippen molar-refractivity contribution in [2.75, 3.05) is 0 Å². The van der Waals surface area contributed by atoms with Crippen LogP contribution in [0.15, 0.2) is 6.07 Å². The molecule has 0 saturated heterocycles. The average molecular weight is 268 g/mol. The van der Waals surface area contributed by atoms with Crippen molar-refractivity contribution in [3.05, 3.63) is 23.3 Å². The molecule has 0 aliphatic rings. The van der Waals surface area contributed by atoms with Crippen molar-refractivity contribution in [1.82, 2.24) is 14.5 Å². The molecule has 2 N–H and O–H groups in total. The second kappa shape index (κ2) is 4.52. The van der Waals surface area contributed by atoms with Gasteiger partial charge in [0.15, 0.2) is 0 Å². The number of nitrogens with zero attached hydrogens (tertiary/aromatic N) is 3. The summed E-state index contributed by atoms with van der Waals surface area (Å²) < 4.78 is 28.8. The topological polar surface area (TPSA) is 56.7 Å². The van der Waals surface area contributed by atoms with Crippen molar-refractivity contribution in [3.8, 4) is 0 Å². The Kier molecular flexibility index (Phi) is 3.30. The van der Waals surface area contributed by atoms with Gasteiger partial charge in [0, 0.05) is 13.0 Å². The van der Waals surface area contributed by atoms with Gasteiger partial charge in [0.25, 0.3) is 5.92 Å². The van der Waals surface area contributed by atoms with Gasteiger partial charge in [-0.3, -0.25) is 0 Å². The standard InChI is InChI=1S/C13H18F2N4/c1-7(2)19-9-5-10(13(4,14)15)17-8(3)12(9)18-11(19)6-16/h5,7H,6,16H2,1-4H3. The van der Waals surface area contributed by atoms with Crippen LogP contribution in [0.5, 0.6) is 0 Å². The van der Waals surface area contributed by atoms with E-state index >= 15 is 0 Å². The van der Waals surface area contributed by atoms with Crippen molar-refractivity contribution in [3.63, 3.8) is 0 Å². The predicted octanol–water partition coefficient (Wildman–Crippen LogP) is 2.89. The van der Waals surface area contributed by atoms with Crippen molar-refractivity contribution in [2.45, 2.75) is 46.2 Å². The smallest absolute Gasteiger partial charge is 0.287 e. The number of aromatic nitrogens is 3. The molecule has 0 fully saturated rings. The van der Waals surface area contributed by atoms with Crippen LogP contribution < -0.4 is 5.73 Å². The molecule has 0 radical (unpaired) electrons. The quantitative estimate of drug-likeness (QED) is 0.931. The molecular weight excluding hydrogens is 250 g/mol. The minimum absolute atomic E-state index is 0.101. The molecule has 0 aliphatic heterocycles. The number of aryl methyl sites for hydroxylation is 1. The summed E-state index contributed by atoms with van der Waals surface area (Å²) in [7, 11) is 0. The summed E-state index contributed by atoms with van der Waals surface area (Å²) in [5.74, 6) is -2.28. The highest BCUT2D eigenvalue weighted by atomic mass is 19.3. The van der Waals surface area contributed by atoms with E-state index in [1.807, 2.05) is 18.4 Å². The van der Waals surface area contributed by atoms with E-state index in [0.29, 0.717) is 22.6 Å². The van der Waals surface area contributed by atoms with Gasteiger partial charge in [-0.25, -0.2) is 9.97 Å². The zero-order valence-electron chi connectivity index (χ0n) is 11.5. The molecule has 0 bridgehead atoms. The molecule has 2 rings (SSSR count). The summed E-state index contributed by atoms with van der Waals surface area (Å²) in [5, 5.41) is 0. The van der Waals surface area contributed by atoms with Crippen LogP contribution in [0.25, 0.3) is 11.0 Å². The Bertz CT molecular complexity index is 611. The molecule has 0 atom stereocenters. The minimum atomic E-state index is -2.96. The number of rotatable bonds is 3. The maximum Gasteiger partial charge on any atom is 0.287 e. The van der Waals surface area contributed by atoms with Gasteiger partial charge in [0.1, 0.15) is 17.0 Å². The lowest BCUT2D eigenvalue weighted by atomic mass is 10.2. The van der Waals surface area contributed by atoms with Crippen molar-refractivity contribution >= 4 is 11.0 Å². The zero-order valence-corrected chi connectivity index (χ0v) is 11.5.